The number of phenolic OH excluding ortho intramolecular Hbond substituents is 1. The van der Waals surface area contributed by atoms with Crippen LogP contribution >= 0.6 is 11.8 Å². The molecule has 1 aromatic carbocycles. The number of amides is 2. The Bertz CT molecular complexity index is 886. The van der Waals surface area contributed by atoms with Gasteiger partial charge in [-0.3, -0.25) is 14.6 Å². The first-order chi connectivity index (χ1) is 13.7. The molecule has 0 aliphatic carbocycles. The third-order valence-corrected chi connectivity index (χ3v) is 6.51. The van der Waals surface area contributed by atoms with E-state index in [1.165, 1.54) is 11.8 Å². The van der Waals surface area contributed by atoms with Crippen molar-refractivity contribution >= 4 is 28.7 Å². The summed E-state index contributed by atoms with van der Waals surface area (Å²) in [5.41, 5.74) is 1.96. The molecule has 158 valence electrons. The molecule has 2 aliphatic rings. The predicted octanol–water partition coefficient (Wildman–Crippen LogP) is 1.10. The van der Waals surface area contributed by atoms with Gasteiger partial charge < -0.3 is 25.6 Å². The summed E-state index contributed by atoms with van der Waals surface area (Å²) in [6, 6.07) is -1.10. The van der Waals surface area contributed by atoms with Gasteiger partial charge >= 0.3 is 0 Å². The Labute approximate surface area is 174 Å². The highest BCUT2D eigenvalue weighted by molar-refractivity contribution is 8.14. The molecule has 2 aliphatic heterocycles. The summed E-state index contributed by atoms with van der Waals surface area (Å²) < 4.78 is 6.12. The maximum Gasteiger partial charge on any atom is 0.264 e. The average Bonchev–Trinajstić information content (AvgIpc) is 3.21. The number of rotatable bonds is 4. The second-order valence-corrected chi connectivity index (χ2v) is 8.68. The highest BCUT2D eigenvalue weighted by Gasteiger charge is 2.42. The molecule has 2 amide bonds. The van der Waals surface area contributed by atoms with Crippen molar-refractivity contribution in [3.05, 3.63) is 22.3 Å². The van der Waals surface area contributed by atoms with Crippen LogP contribution in [0.5, 0.6) is 11.5 Å². The van der Waals surface area contributed by atoms with Gasteiger partial charge in [-0.1, -0.05) is 11.8 Å². The molecule has 0 fully saturated rings. The van der Waals surface area contributed by atoms with E-state index in [2.05, 4.69) is 15.6 Å². The van der Waals surface area contributed by atoms with Crippen molar-refractivity contribution in [1.82, 2.24) is 10.6 Å². The Balaban J connectivity index is 1.76. The number of carbonyl (C=O) groups is 2. The number of fused-ring (bicyclic) bond motifs is 1. The minimum atomic E-state index is -1.19. The number of benzene rings is 1. The number of carbonyl (C=O) groups excluding carboxylic acids is 2. The number of amidine groups is 1. The number of aliphatic imine (C=N–C) groups is 1. The highest BCUT2D eigenvalue weighted by atomic mass is 32.2. The van der Waals surface area contributed by atoms with Crippen LogP contribution in [0.15, 0.2) is 4.99 Å². The average molecular weight is 422 g/mol. The van der Waals surface area contributed by atoms with Crippen molar-refractivity contribution in [2.75, 3.05) is 18.9 Å². The van der Waals surface area contributed by atoms with E-state index >= 15 is 0 Å². The zero-order chi connectivity index (χ0) is 21.3. The lowest BCUT2D eigenvalue weighted by molar-refractivity contribution is -0.140. The minimum absolute atomic E-state index is 0.252. The van der Waals surface area contributed by atoms with Crippen molar-refractivity contribution in [2.24, 2.45) is 4.99 Å². The van der Waals surface area contributed by atoms with Gasteiger partial charge in [-0.05, 0) is 50.8 Å². The molecular weight excluding hydrogens is 394 g/mol. The number of aliphatic hydroxyl groups excluding tert-OH is 1. The molecule has 29 heavy (non-hydrogen) atoms. The van der Waals surface area contributed by atoms with Crippen LogP contribution in [0.4, 0.5) is 0 Å². The number of nitrogens with zero attached hydrogens (tertiary/aromatic N) is 1. The normalized spacial score (nSPS) is 21.6. The summed E-state index contributed by atoms with van der Waals surface area (Å²) >= 11 is 1.42. The van der Waals surface area contributed by atoms with E-state index in [-0.39, 0.29) is 5.75 Å². The molecule has 0 spiro atoms. The first-order valence-corrected chi connectivity index (χ1v) is 10.6. The van der Waals surface area contributed by atoms with E-state index in [1.54, 1.807) is 6.92 Å². The van der Waals surface area contributed by atoms with E-state index in [4.69, 9.17) is 4.74 Å². The van der Waals surface area contributed by atoms with Gasteiger partial charge in [0, 0.05) is 17.7 Å². The lowest BCUT2D eigenvalue weighted by atomic mass is 9.86. The molecule has 0 aromatic heterocycles. The molecule has 0 radical (unpaired) electrons. The van der Waals surface area contributed by atoms with Crippen molar-refractivity contribution in [3.8, 4) is 11.5 Å². The fourth-order valence-electron chi connectivity index (χ4n) is 3.52. The topological polar surface area (TPSA) is 120 Å². The Hall–Kier alpha value is -2.26. The Morgan fingerprint density at radius 1 is 1.28 bits per heavy atom. The largest absolute Gasteiger partial charge is 0.507 e. The third-order valence-electron chi connectivity index (χ3n) is 5.62. The molecule has 0 saturated heterocycles. The molecular formula is C20H27N3O5S. The molecule has 1 aromatic rings. The van der Waals surface area contributed by atoms with Gasteiger partial charge in [-0.25, -0.2) is 0 Å². The van der Waals surface area contributed by atoms with Crippen LogP contribution in [0.25, 0.3) is 0 Å². The van der Waals surface area contributed by atoms with E-state index in [1.807, 2.05) is 20.8 Å². The molecule has 2 unspecified atom stereocenters. The lowest BCUT2D eigenvalue weighted by Gasteiger charge is -2.37. The van der Waals surface area contributed by atoms with Gasteiger partial charge in [0.2, 0.25) is 0 Å². The molecule has 9 heteroatoms. The number of aromatic hydroxyl groups is 1. The number of phenols is 1. The highest BCUT2D eigenvalue weighted by Crippen LogP contribution is 2.43. The standard InChI is InChI=1S/C20H27N3O5S/c1-10-11(2)16-13(12(3)15(10)25)5-6-20(4,28-16)18(27)22-14(9-24)17(26)23-19-21-7-8-29-19/h14,24-25H,5-9H2,1-4H3,(H,22,27)(H,21,23,26). The smallest absolute Gasteiger partial charge is 0.264 e. The maximum atomic E-state index is 13.0. The lowest BCUT2D eigenvalue weighted by Crippen LogP contribution is -2.58. The third kappa shape index (κ3) is 4.06. The van der Waals surface area contributed by atoms with Gasteiger partial charge in [-0.2, -0.15) is 0 Å². The summed E-state index contributed by atoms with van der Waals surface area (Å²) in [5.74, 6) is 0.666. The second kappa shape index (κ2) is 8.23. The summed E-state index contributed by atoms with van der Waals surface area (Å²) in [4.78, 5) is 29.5. The van der Waals surface area contributed by atoms with Gasteiger partial charge in [0.15, 0.2) is 10.8 Å². The number of nitrogens with one attached hydrogen (secondary N) is 2. The van der Waals surface area contributed by atoms with Crippen LogP contribution in [0.1, 0.15) is 35.6 Å². The molecule has 0 saturated carbocycles. The molecule has 2 heterocycles. The second-order valence-electron chi connectivity index (χ2n) is 7.60. The molecule has 2 atom stereocenters. The fourth-order valence-corrected chi connectivity index (χ4v) is 4.25. The van der Waals surface area contributed by atoms with Crippen LogP contribution in [-0.4, -0.2) is 57.7 Å². The van der Waals surface area contributed by atoms with Gasteiger partial charge in [0.1, 0.15) is 17.5 Å². The van der Waals surface area contributed by atoms with E-state index < -0.39 is 30.1 Å². The Morgan fingerprint density at radius 3 is 2.62 bits per heavy atom. The first-order valence-electron chi connectivity index (χ1n) is 9.58. The molecule has 8 nitrogen and oxygen atoms in total. The van der Waals surface area contributed by atoms with Gasteiger partial charge in [0.25, 0.3) is 11.8 Å². The van der Waals surface area contributed by atoms with E-state index in [0.717, 1.165) is 22.4 Å². The summed E-state index contributed by atoms with van der Waals surface area (Å²) in [7, 11) is 0. The monoisotopic (exact) mass is 421 g/mol. The van der Waals surface area contributed by atoms with Gasteiger partial charge in [0.05, 0.1) is 13.2 Å². The van der Waals surface area contributed by atoms with Crippen LogP contribution in [-0.2, 0) is 16.0 Å². The first kappa shape index (κ1) is 21.4. The Morgan fingerprint density at radius 2 is 2.00 bits per heavy atom. The van der Waals surface area contributed by atoms with Crippen LogP contribution in [0, 0.1) is 20.8 Å². The predicted molar refractivity (Wildman–Crippen MR) is 112 cm³/mol. The van der Waals surface area contributed by atoms with Crippen LogP contribution in [0.2, 0.25) is 0 Å². The summed E-state index contributed by atoms with van der Waals surface area (Å²) in [6.07, 6.45) is 0.945. The van der Waals surface area contributed by atoms with Crippen molar-refractivity contribution in [3.63, 3.8) is 0 Å². The molecule has 0 bridgehead atoms. The van der Waals surface area contributed by atoms with Crippen molar-refractivity contribution < 1.29 is 24.5 Å². The molecule has 3 rings (SSSR count). The quantitative estimate of drug-likeness (QED) is 0.578. The van der Waals surface area contributed by atoms with Gasteiger partial charge in [-0.15, -0.1) is 0 Å². The fraction of sp³-hybridized carbons (Fsp3) is 0.550. The van der Waals surface area contributed by atoms with Crippen LogP contribution < -0.4 is 15.4 Å². The minimum Gasteiger partial charge on any atom is -0.507 e. The summed E-state index contributed by atoms with van der Waals surface area (Å²) in [5, 5.41) is 25.6. The maximum absolute atomic E-state index is 13.0. The van der Waals surface area contributed by atoms with E-state index in [0.29, 0.717) is 35.9 Å². The van der Waals surface area contributed by atoms with E-state index in [9.17, 15) is 19.8 Å². The zero-order valence-electron chi connectivity index (χ0n) is 17.1. The number of aliphatic hydroxyl groups is 1. The number of ether oxygens (including phenoxy) is 1. The Kier molecular flexibility index (Phi) is 6.09. The van der Waals surface area contributed by atoms with Crippen molar-refractivity contribution in [1.29, 1.82) is 0 Å². The SMILES string of the molecule is Cc1c(C)c2c(c(C)c1O)CCC(C)(C(=O)NC(CO)C(=O)NC1=NCCS1)O2. The number of hydrogen-bond donors (Lipinski definition) is 4. The molecule has 4 N–H and O–H groups in total. The zero-order valence-corrected chi connectivity index (χ0v) is 17.9. The van der Waals surface area contributed by atoms with Crippen LogP contribution in [0.3, 0.4) is 0 Å². The summed E-state index contributed by atoms with van der Waals surface area (Å²) in [6.45, 7) is 7.26. The number of hydrogen-bond acceptors (Lipinski definition) is 7. The number of thioether (sulfide) groups is 1. The van der Waals surface area contributed by atoms with Crippen molar-refractivity contribution in [2.45, 2.75) is 52.2 Å².